The lowest BCUT2D eigenvalue weighted by atomic mass is 10.4. The van der Waals surface area contributed by atoms with Crippen molar-refractivity contribution in [1.82, 2.24) is 14.5 Å². The van der Waals surface area contributed by atoms with Gasteiger partial charge in [-0.25, -0.2) is 0 Å². The van der Waals surface area contributed by atoms with Gasteiger partial charge in [-0.05, 0) is 17.7 Å². The van der Waals surface area contributed by atoms with E-state index in [1.54, 1.807) is 7.11 Å². The predicted octanol–water partition coefficient (Wildman–Crippen LogP) is 1.63. The maximum Gasteiger partial charge on any atom is 0.227 e. The van der Waals surface area contributed by atoms with Crippen molar-refractivity contribution in [3.8, 4) is 5.88 Å². The maximum absolute atomic E-state index is 5.72. The summed E-state index contributed by atoms with van der Waals surface area (Å²) in [5.74, 6) is 0.510. The van der Waals surface area contributed by atoms with Gasteiger partial charge in [-0.1, -0.05) is 0 Å². The van der Waals surface area contributed by atoms with E-state index in [-0.39, 0.29) is 5.28 Å². The fraction of sp³-hybridized carbons (Fsp3) is 0.250. The summed E-state index contributed by atoms with van der Waals surface area (Å²) in [6.07, 6.45) is 1.89. The topological polar surface area (TPSA) is 39.9 Å². The highest BCUT2D eigenvalue weighted by Crippen LogP contribution is 2.23. The molecule has 0 atom stereocenters. The second-order valence-corrected chi connectivity index (χ2v) is 3.00. The summed E-state index contributed by atoms with van der Waals surface area (Å²) in [6, 6.07) is 1.89. The molecular weight excluding hydrogens is 190 g/mol. The van der Waals surface area contributed by atoms with Gasteiger partial charge in [0.15, 0.2) is 0 Å². The average Bonchev–Trinajstić information content (AvgIpc) is 2.47. The molecule has 0 spiro atoms. The first-order chi connectivity index (χ1) is 6.22. The highest BCUT2D eigenvalue weighted by atomic mass is 35.5. The largest absolute Gasteiger partial charge is 0.480 e. The molecular formula is C8H8ClN3O. The molecule has 13 heavy (non-hydrogen) atoms. The van der Waals surface area contributed by atoms with E-state index >= 15 is 0 Å². The Morgan fingerprint density at radius 2 is 2.23 bits per heavy atom. The van der Waals surface area contributed by atoms with Gasteiger partial charge < -0.3 is 9.30 Å². The van der Waals surface area contributed by atoms with Crippen molar-refractivity contribution in [1.29, 1.82) is 0 Å². The van der Waals surface area contributed by atoms with Crippen molar-refractivity contribution in [2.45, 2.75) is 0 Å². The predicted molar refractivity (Wildman–Crippen MR) is 50.1 cm³/mol. The van der Waals surface area contributed by atoms with Crippen molar-refractivity contribution in [2.75, 3.05) is 7.11 Å². The molecule has 0 saturated carbocycles. The van der Waals surface area contributed by atoms with Crippen LogP contribution in [0, 0.1) is 0 Å². The minimum Gasteiger partial charge on any atom is -0.480 e. The van der Waals surface area contributed by atoms with Gasteiger partial charge in [0, 0.05) is 13.2 Å². The number of hydrogen-bond acceptors (Lipinski definition) is 3. The van der Waals surface area contributed by atoms with Gasteiger partial charge in [0.1, 0.15) is 5.65 Å². The van der Waals surface area contributed by atoms with Gasteiger partial charge in [-0.3, -0.25) is 0 Å². The Morgan fingerprint density at radius 3 is 2.92 bits per heavy atom. The van der Waals surface area contributed by atoms with Crippen molar-refractivity contribution in [3.63, 3.8) is 0 Å². The Labute approximate surface area is 80.1 Å². The lowest BCUT2D eigenvalue weighted by molar-refractivity contribution is 0.402. The lowest BCUT2D eigenvalue weighted by Gasteiger charge is -2.01. The third-order valence-electron chi connectivity index (χ3n) is 1.86. The number of methoxy groups -OCH3 is 1. The third kappa shape index (κ3) is 1.23. The molecule has 0 fully saturated rings. The molecule has 0 aliphatic heterocycles. The van der Waals surface area contributed by atoms with Crippen molar-refractivity contribution in [3.05, 3.63) is 17.5 Å². The fourth-order valence-corrected chi connectivity index (χ4v) is 1.40. The molecule has 0 bridgehead atoms. The van der Waals surface area contributed by atoms with Gasteiger partial charge in [0.2, 0.25) is 11.2 Å². The van der Waals surface area contributed by atoms with Crippen LogP contribution in [0.15, 0.2) is 12.3 Å². The highest BCUT2D eigenvalue weighted by Gasteiger charge is 2.08. The number of hydrogen-bond donors (Lipinski definition) is 0. The van der Waals surface area contributed by atoms with Crippen LogP contribution in [-0.4, -0.2) is 21.6 Å². The third-order valence-corrected chi connectivity index (χ3v) is 2.02. The number of halogens is 1. The molecule has 0 unspecified atom stereocenters. The molecule has 4 nitrogen and oxygen atoms in total. The Kier molecular flexibility index (Phi) is 1.84. The van der Waals surface area contributed by atoms with E-state index in [0.29, 0.717) is 5.88 Å². The van der Waals surface area contributed by atoms with Gasteiger partial charge >= 0.3 is 0 Å². The Morgan fingerprint density at radius 1 is 1.46 bits per heavy atom. The summed E-state index contributed by atoms with van der Waals surface area (Å²) in [6.45, 7) is 0. The molecule has 5 heteroatoms. The Balaban J connectivity index is 2.84. The number of rotatable bonds is 1. The van der Waals surface area contributed by atoms with E-state index in [0.717, 1.165) is 11.0 Å². The van der Waals surface area contributed by atoms with Crippen molar-refractivity contribution < 1.29 is 4.74 Å². The number of ether oxygens (including phenoxy) is 1. The number of aromatic nitrogens is 3. The zero-order valence-electron chi connectivity index (χ0n) is 7.28. The maximum atomic E-state index is 5.72. The van der Waals surface area contributed by atoms with Crippen LogP contribution in [-0.2, 0) is 7.05 Å². The normalized spacial score (nSPS) is 10.7. The molecule has 2 rings (SSSR count). The molecule has 0 radical (unpaired) electrons. The summed E-state index contributed by atoms with van der Waals surface area (Å²) in [4.78, 5) is 8.03. The first-order valence-corrected chi connectivity index (χ1v) is 4.12. The lowest BCUT2D eigenvalue weighted by Crippen LogP contribution is -1.94. The van der Waals surface area contributed by atoms with Crippen LogP contribution >= 0.6 is 11.6 Å². The van der Waals surface area contributed by atoms with Crippen LogP contribution in [0.1, 0.15) is 0 Å². The molecule has 0 aliphatic carbocycles. The van der Waals surface area contributed by atoms with E-state index < -0.39 is 0 Å². The molecule has 0 saturated heterocycles. The van der Waals surface area contributed by atoms with Crippen molar-refractivity contribution >= 4 is 22.6 Å². The standard InChI is InChI=1S/C8H8ClN3O/c1-12-4-3-5-6(12)10-8(9)11-7(5)13-2/h3-4H,1-2H3. The zero-order valence-corrected chi connectivity index (χ0v) is 8.04. The fourth-order valence-electron chi connectivity index (χ4n) is 1.24. The smallest absolute Gasteiger partial charge is 0.227 e. The molecule has 0 N–H and O–H groups in total. The van der Waals surface area contributed by atoms with Crippen LogP contribution in [0.5, 0.6) is 5.88 Å². The van der Waals surface area contributed by atoms with Gasteiger partial charge in [-0.2, -0.15) is 9.97 Å². The first kappa shape index (κ1) is 8.31. The molecule has 2 heterocycles. The molecule has 0 aromatic carbocycles. The first-order valence-electron chi connectivity index (χ1n) is 3.75. The van der Waals surface area contributed by atoms with E-state index in [1.165, 1.54) is 0 Å². The summed E-state index contributed by atoms with van der Waals surface area (Å²) in [5.41, 5.74) is 0.775. The van der Waals surface area contributed by atoms with Crippen LogP contribution in [0.4, 0.5) is 0 Å². The second kappa shape index (κ2) is 2.88. The molecule has 0 aliphatic rings. The van der Waals surface area contributed by atoms with Gasteiger partial charge in [0.05, 0.1) is 12.5 Å². The van der Waals surface area contributed by atoms with Crippen molar-refractivity contribution in [2.24, 2.45) is 7.05 Å². The van der Waals surface area contributed by atoms with Gasteiger partial charge in [-0.15, -0.1) is 0 Å². The molecule has 68 valence electrons. The van der Waals surface area contributed by atoms with Crippen LogP contribution in [0.2, 0.25) is 5.28 Å². The quantitative estimate of drug-likeness (QED) is 0.653. The molecule has 2 aromatic heterocycles. The second-order valence-electron chi connectivity index (χ2n) is 2.67. The average molecular weight is 198 g/mol. The minimum atomic E-state index is 0.200. The Bertz CT molecular complexity index is 452. The molecule has 2 aromatic rings. The van der Waals surface area contributed by atoms with Gasteiger partial charge in [0.25, 0.3) is 0 Å². The SMILES string of the molecule is COc1nc(Cl)nc2c1ccn2C. The van der Waals surface area contributed by atoms with Crippen LogP contribution < -0.4 is 4.74 Å². The number of nitrogens with zero attached hydrogens (tertiary/aromatic N) is 3. The summed E-state index contributed by atoms with van der Waals surface area (Å²) >= 11 is 5.72. The van der Waals surface area contributed by atoms with E-state index in [9.17, 15) is 0 Å². The van der Waals surface area contributed by atoms with Crippen LogP contribution in [0.3, 0.4) is 0 Å². The summed E-state index contributed by atoms with van der Waals surface area (Å²) in [7, 11) is 3.45. The molecule has 0 amide bonds. The van der Waals surface area contributed by atoms with Crippen LogP contribution in [0.25, 0.3) is 11.0 Å². The summed E-state index contributed by atoms with van der Waals surface area (Å²) in [5, 5.41) is 1.07. The monoisotopic (exact) mass is 197 g/mol. The summed E-state index contributed by atoms with van der Waals surface area (Å²) < 4.78 is 6.94. The Hall–Kier alpha value is -1.29. The number of aryl methyl sites for hydroxylation is 1. The van der Waals surface area contributed by atoms with E-state index in [1.807, 2.05) is 23.9 Å². The van der Waals surface area contributed by atoms with E-state index in [2.05, 4.69) is 9.97 Å². The number of fused-ring (bicyclic) bond motifs is 1. The zero-order chi connectivity index (χ0) is 9.42. The van der Waals surface area contributed by atoms with E-state index in [4.69, 9.17) is 16.3 Å². The minimum absolute atomic E-state index is 0.200. The highest BCUT2D eigenvalue weighted by molar-refractivity contribution is 6.28.